The molecule has 10 heteroatoms. The number of hydrogen-bond acceptors (Lipinski definition) is 4. The van der Waals surface area contributed by atoms with Gasteiger partial charge in [-0.2, -0.15) is 10.2 Å². The Hall–Kier alpha value is -3.33. The Morgan fingerprint density at radius 3 is 2.46 bits per heavy atom. The van der Waals surface area contributed by atoms with Crippen LogP contribution in [0.25, 0.3) is 11.0 Å². The lowest BCUT2D eigenvalue weighted by molar-refractivity contribution is -0.116. The van der Waals surface area contributed by atoms with Gasteiger partial charge in [0.25, 0.3) is 6.43 Å². The Kier molecular flexibility index (Phi) is 6.04. The zero-order chi connectivity index (χ0) is 24.9. The second kappa shape index (κ2) is 9.03. The number of benzene rings is 1. The van der Waals surface area contributed by atoms with E-state index in [1.165, 1.54) is 10.7 Å². The van der Waals surface area contributed by atoms with Crippen molar-refractivity contribution in [3.8, 4) is 0 Å². The van der Waals surface area contributed by atoms with Gasteiger partial charge in [0.1, 0.15) is 6.54 Å². The van der Waals surface area contributed by atoms with Crippen molar-refractivity contribution < 1.29 is 13.6 Å². The first kappa shape index (κ1) is 23.4. The number of aromatic nitrogens is 5. The zero-order valence-corrected chi connectivity index (χ0v) is 20.4. The SMILES string of the molecule is Cc1nn(Cc2ccc(Cl)cc2)c(C)c1NC(=O)Cn1nc(C)c2c(C(F)F)cc(C3CC3)nc21. The first-order chi connectivity index (χ1) is 16.7. The summed E-state index contributed by atoms with van der Waals surface area (Å²) in [5, 5.41) is 12.8. The third-order valence-corrected chi connectivity index (χ3v) is 6.60. The molecule has 0 saturated heterocycles. The molecule has 0 radical (unpaired) electrons. The highest BCUT2D eigenvalue weighted by Crippen LogP contribution is 2.42. The summed E-state index contributed by atoms with van der Waals surface area (Å²) < 4.78 is 30.9. The molecule has 1 aliphatic carbocycles. The number of carbonyl (C=O) groups excluding carboxylic acids is 1. The van der Waals surface area contributed by atoms with Crippen molar-refractivity contribution in [2.24, 2.45) is 0 Å². The number of halogens is 3. The van der Waals surface area contributed by atoms with E-state index in [2.05, 4.69) is 20.5 Å². The van der Waals surface area contributed by atoms with Crippen molar-refractivity contribution in [1.29, 1.82) is 0 Å². The van der Waals surface area contributed by atoms with E-state index in [9.17, 15) is 13.6 Å². The van der Waals surface area contributed by atoms with Gasteiger partial charge in [0, 0.05) is 22.2 Å². The maximum atomic E-state index is 13.8. The number of rotatable bonds is 7. The summed E-state index contributed by atoms with van der Waals surface area (Å²) in [5.41, 5.74) is 4.47. The molecule has 1 fully saturated rings. The topological polar surface area (TPSA) is 77.6 Å². The fourth-order valence-electron chi connectivity index (χ4n) is 4.39. The van der Waals surface area contributed by atoms with Gasteiger partial charge >= 0.3 is 0 Å². The average Bonchev–Trinajstić information content (AvgIpc) is 3.58. The third-order valence-electron chi connectivity index (χ3n) is 6.34. The van der Waals surface area contributed by atoms with Gasteiger partial charge < -0.3 is 5.32 Å². The van der Waals surface area contributed by atoms with Crippen molar-refractivity contribution >= 4 is 34.2 Å². The smallest absolute Gasteiger partial charge is 0.264 e. The molecule has 7 nitrogen and oxygen atoms in total. The fourth-order valence-corrected chi connectivity index (χ4v) is 4.51. The summed E-state index contributed by atoms with van der Waals surface area (Å²) in [6.07, 6.45) is -0.763. The van der Waals surface area contributed by atoms with E-state index in [0.29, 0.717) is 45.4 Å². The highest BCUT2D eigenvalue weighted by Gasteiger charge is 2.29. The molecule has 1 saturated carbocycles. The van der Waals surface area contributed by atoms with Crippen molar-refractivity contribution in [1.82, 2.24) is 24.5 Å². The second-order valence-electron chi connectivity index (χ2n) is 9.03. The summed E-state index contributed by atoms with van der Waals surface area (Å²) in [7, 11) is 0. The molecule has 1 aromatic carbocycles. The number of carbonyl (C=O) groups is 1. The molecule has 4 aromatic rings. The van der Waals surface area contributed by atoms with Gasteiger partial charge in [0.2, 0.25) is 5.91 Å². The van der Waals surface area contributed by atoms with Crippen LogP contribution in [0.1, 0.15) is 59.1 Å². The molecule has 0 atom stereocenters. The highest BCUT2D eigenvalue weighted by atomic mass is 35.5. The predicted molar refractivity (Wildman–Crippen MR) is 130 cm³/mol. The van der Waals surface area contributed by atoms with Crippen LogP contribution in [-0.4, -0.2) is 30.5 Å². The summed E-state index contributed by atoms with van der Waals surface area (Å²) in [5.74, 6) is -0.130. The van der Waals surface area contributed by atoms with E-state index < -0.39 is 6.43 Å². The molecule has 5 rings (SSSR count). The maximum absolute atomic E-state index is 13.8. The van der Waals surface area contributed by atoms with Crippen LogP contribution in [0.15, 0.2) is 30.3 Å². The number of amides is 1. The number of fused-ring (bicyclic) bond motifs is 1. The minimum atomic E-state index is -2.64. The third kappa shape index (κ3) is 4.65. The Bertz CT molecular complexity index is 1420. The Morgan fingerprint density at radius 2 is 1.80 bits per heavy atom. The summed E-state index contributed by atoms with van der Waals surface area (Å²) in [6.45, 7) is 5.77. The van der Waals surface area contributed by atoms with E-state index in [4.69, 9.17) is 11.6 Å². The number of pyridine rings is 1. The summed E-state index contributed by atoms with van der Waals surface area (Å²) >= 11 is 5.97. The standard InChI is InChI=1S/C25H25ClF2N6O/c1-13-22-19(24(27)28)10-20(17-6-7-17)29-25(22)34(31-13)12-21(35)30-23-14(2)32-33(15(23)3)11-16-4-8-18(26)9-5-16/h4-5,8-10,17,24H,6-7,11-12H2,1-3H3,(H,30,35). The maximum Gasteiger partial charge on any atom is 0.264 e. The lowest BCUT2D eigenvalue weighted by Gasteiger charge is -2.09. The molecule has 0 aliphatic heterocycles. The first-order valence-corrected chi connectivity index (χ1v) is 11.8. The second-order valence-corrected chi connectivity index (χ2v) is 9.47. The number of nitrogens with one attached hydrogen (secondary N) is 1. The molecule has 3 heterocycles. The van der Waals surface area contributed by atoms with Crippen molar-refractivity contribution in [3.63, 3.8) is 0 Å². The number of hydrogen-bond donors (Lipinski definition) is 1. The van der Waals surface area contributed by atoms with E-state index in [-0.39, 0.29) is 23.9 Å². The first-order valence-electron chi connectivity index (χ1n) is 11.5. The van der Waals surface area contributed by atoms with E-state index in [0.717, 1.165) is 24.1 Å². The van der Waals surface area contributed by atoms with Crippen LogP contribution in [0.3, 0.4) is 0 Å². The van der Waals surface area contributed by atoms with E-state index in [1.807, 2.05) is 42.8 Å². The molecule has 1 amide bonds. The molecule has 35 heavy (non-hydrogen) atoms. The quantitative estimate of drug-likeness (QED) is 0.354. The van der Waals surface area contributed by atoms with Gasteiger partial charge in [-0.15, -0.1) is 0 Å². The van der Waals surface area contributed by atoms with Crippen LogP contribution < -0.4 is 5.32 Å². The molecule has 0 bridgehead atoms. The molecule has 0 spiro atoms. The highest BCUT2D eigenvalue weighted by molar-refractivity contribution is 6.30. The van der Waals surface area contributed by atoms with Crippen LogP contribution in [0.5, 0.6) is 0 Å². The monoisotopic (exact) mass is 498 g/mol. The van der Waals surface area contributed by atoms with Gasteiger partial charge in [-0.3, -0.25) is 9.48 Å². The van der Waals surface area contributed by atoms with Gasteiger partial charge in [0.15, 0.2) is 5.65 Å². The van der Waals surface area contributed by atoms with Crippen LogP contribution in [0.4, 0.5) is 14.5 Å². The van der Waals surface area contributed by atoms with E-state index in [1.54, 1.807) is 6.92 Å². The van der Waals surface area contributed by atoms with Crippen LogP contribution in [-0.2, 0) is 17.9 Å². The lowest BCUT2D eigenvalue weighted by Crippen LogP contribution is -2.20. The van der Waals surface area contributed by atoms with Crippen molar-refractivity contribution in [2.45, 2.75) is 59.0 Å². The van der Waals surface area contributed by atoms with Gasteiger partial charge in [0.05, 0.1) is 34.7 Å². The lowest BCUT2D eigenvalue weighted by atomic mass is 10.1. The average molecular weight is 499 g/mol. The normalized spacial score (nSPS) is 13.7. The zero-order valence-electron chi connectivity index (χ0n) is 19.6. The van der Waals surface area contributed by atoms with Gasteiger partial charge in [-0.1, -0.05) is 23.7 Å². The minimum Gasteiger partial charge on any atom is -0.321 e. The Morgan fingerprint density at radius 1 is 1.11 bits per heavy atom. The molecular weight excluding hydrogens is 474 g/mol. The molecule has 3 aromatic heterocycles. The molecule has 1 aliphatic rings. The molecule has 182 valence electrons. The van der Waals surface area contributed by atoms with Gasteiger partial charge in [-0.05, 0) is 57.4 Å². The Labute approximate surface area is 206 Å². The largest absolute Gasteiger partial charge is 0.321 e. The van der Waals surface area contributed by atoms with Crippen molar-refractivity contribution in [2.75, 3.05) is 5.32 Å². The van der Waals surface area contributed by atoms with Crippen LogP contribution >= 0.6 is 11.6 Å². The molecule has 0 unspecified atom stereocenters. The fraction of sp³-hybridized carbons (Fsp3) is 0.360. The van der Waals surface area contributed by atoms with Crippen LogP contribution in [0, 0.1) is 20.8 Å². The van der Waals surface area contributed by atoms with Crippen LogP contribution in [0.2, 0.25) is 5.02 Å². The number of nitrogens with zero attached hydrogens (tertiary/aromatic N) is 5. The Balaban J connectivity index is 1.39. The number of aryl methyl sites for hydroxylation is 2. The number of alkyl halides is 2. The summed E-state index contributed by atoms with van der Waals surface area (Å²) in [6, 6.07) is 9.00. The minimum absolute atomic E-state index is 0.0729. The summed E-state index contributed by atoms with van der Waals surface area (Å²) in [4.78, 5) is 17.6. The molecular formula is C25H25ClF2N6O. The number of anilines is 1. The molecule has 1 N–H and O–H groups in total. The van der Waals surface area contributed by atoms with Crippen molar-refractivity contribution in [3.05, 3.63) is 69.3 Å². The van der Waals surface area contributed by atoms with Gasteiger partial charge in [-0.25, -0.2) is 18.4 Å². The van der Waals surface area contributed by atoms with E-state index >= 15 is 0 Å². The predicted octanol–water partition coefficient (Wildman–Crippen LogP) is 5.71.